The molecular weight excluding hydrogens is 477 g/mol. The molecule has 1 aromatic carbocycles. The van der Waals surface area contributed by atoms with E-state index < -0.39 is 11.9 Å². The predicted molar refractivity (Wildman–Crippen MR) is 140 cm³/mol. The lowest BCUT2D eigenvalue weighted by molar-refractivity contribution is -0.140. The molecular formula is C28H31F3N6. The van der Waals surface area contributed by atoms with Crippen molar-refractivity contribution in [2.24, 2.45) is 17.8 Å². The highest BCUT2D eigenvalue weighted by atomic mass is 19.4. The van der Waals surface area contributed by atoms with E-state index in [1.54, 1.807) is 19.3 Å². The molecule has 5 rings (SSSR count). The van der Waals surface area contributed by atoms with Crippen LogP contribution in [0, 0.1) is 0 Å². The third-order valence-electron chi connectivity index (χ3n) is 7.45. The number of imidazole rings is 1. The molecule has 0 saturated carbocycles. The minimum Gasteiger partial charge on any atom is -0.398 e. The maximum Gasteiger partial charge on any atom is 0.434 e. The molecule has 2 bridgehead atoms. The number of hydrogen-bond donors (Lipinski definition) is 1. The van der Waals surface area contributed by atoms with Gasteiger partial charge in [-0.15, -0.1) is 0 Å². The van der Waals surface area contributed by atoms with E-state index in [1.165, 1.54) is 10.1 Å². The van der Waals surface area contributed by atoms with Gasteiger partial charge in [0, 0.05) is 67.1 Å². The Morgan fingerprint density at radius 2 is 1.89 bits per heavy atom. The van der Waals surface area contributed by atoms with Crippen LogP contribution in [0.4, 0.5) is 19.0 Å². The maximum atomic E-state index is 13.1. The van der Waals surface area contributed by atoms with Gasteiger partial charge in [0.15, 0.2) is 5.69 Å². The largest absolute Gasteiger partial charge is 0.434 e. The molecule has 2 fully saturated rings. The van der Waals surface area contributed by atoms with Crippen LogP contribution < -0.4 is 10.6 Å². The molecule has 0 aliphatic carbocycles. The van der Waals surface area contributed by atoms with Crippen molar-refractivity contribution in [2.75, 3.05) is 11.9 Å². The van der Waals surface area contributed by atoms with E-state index in [4.69, 9.17) is 5.73 Å². The number of aromatic nitrogens is 3. The Hall–Kier alpha value is -3.62. The summed E-state index contributed by atoms with van der Waals surface area (Å²) >= 11 is 0. The lowest BCUT2D eigenvalue weighted by Crippen LogP contribution is -2.46. The van der Waals surface area contributed by atoms with E-state index in [-0.39, 0.29) is 17.9 Å². The lowest BCUT2D eigenvalue weighted by Gasteiger charge is -2.39. The number of nitrogens with two attached hydrogens (primary N) is 1. The summed E-state index contributed by atoms with van der Waals surface area (Å²) in [5, 5.41) is 0. The van der Waals surface area contributed by atoms with E-state index in [2.05, 4.69) is 45.8 Å². The first-order valence-corrected chi connectivity index (χ1v) is 12.5. The van der Waals surface area contributed by atoms with Gasteiger partial charge in [-0.1, -0.05) is 38.1 Å². The number of benzene rings is 1. The molecule has 0 spiro atoms. The minimum absolute atomic E-state index is 0.0287. The number of pyridine rings is 1. The molecule has 2 aliphatic heterocycles. The summed E-state index contributed by atoms with van der Waals surface area (Å²) in [7, 11) is 3.37. The van der Waals surface area contributed by atoms with Gasteiger partial charge in [0.1, 0.15) is 11.6 Å². The number of anilines is 1. The van der Waals surface area contributed by atoms with Crippen molar-refractivity contribution in [3.63, 3.8) is 0 Å². The fraction of sp³-hybridized carbons (Fsp3) is 0.393. The van der Waals surface area contributed by atoms with Gasteiger partial charge in [-0.25, -0.2) is 9.97 Å². The highest BCUT2D eigenvalue weighted by molar-refractivity contribution is 6.09. The number of nitrogens with zero attached hydrogens (tertiary/aromatic N) is 5. The van der Waals surface area contributed by atoms with Crippen molar-refractivity contribution < 1.29 is 13.2 Å². The van der Waals surface area contributed by atoms with Crippen LogP contribution in [0.1, 0.15) is 55.8 Å². The molecule has 0 radical (unpaired) electrons. The number of alkyl halides is 3. The van der Waals surface area contributed by atoms with E-state index in [0.29, 0.717) is 11.5 Å². The number of fused-ring (bicyclic) bond motifs is 2. The summed E-state index contributed by atoms with van der Waals surface area (Å²) in [5.41, 5.74) is 11.6. The van der Waals surface area contributed by atoms with Crippen LogP contribution in [0.2, 0.25) is 0 Å². The van der Waals surface area contributed by atoms with Gasteiger partial charge in [-0.3, -0.25) is 4.99 Å². The molecule has 194 valence electrons. The van der Waals surface area contributed by atoms with E-state index in [9.17, 15) is 13.2 Å². The molecule has 2 atom stereocenters. The molecule has 4 heterocycles. The Kier molecular flexibility index (Phi) is 6.33. The van der Waals surface area contributed by atoms with Crippen molar-refractivity contribution in [1.82, 2.24) is 14.5 Å². The summed E-state index contributed by atoms with van der Waals surface area (Å²) in [6, 6.07) is 12.2. The zero-order valence-corrected chi connectivity index (χ0v) is 21.4. The molecule has 2 N–H and O–H groups in total. The van der Waals surface area contributed by atoms with Crippen molar-refractivity contribution in [2.45, 2.75) is 57.3 Å². The van der Waals surface area contributed by atoms with Crippen LogP contribution in [0.25, 0.3) is 17.1 Å². The standard InChI is InChI=1S/C28H31F3N6/c1-16(2)19-7-5-6-8-20(19)26(32)25-21(33-3)13-18-10-11-22(25)37(18)24-12-9-17(14-34-24)27-35-23(15-36(27)4)28(29,30)31/h5-9,12,14-16,18,22H,10-11,13,32H2,1-4H3/b26-25+,33-21?. The number of halogens is 3. The van der Waals surface area contributed by atoms with Gasteiger partial charge in [0.25, 0.3) is 0 Å². The minimum atomic E-state index is -4.49. The molecule has 37 heavy (non-hydrogen) atoms. The molecule has 2 aromatic heterocycles. The fourth-order valence-corrected chi connectivity index (χ4v) is 5.72. The third-order valence-corrected chi connectivity index (χ3v) is 7.45. The van der Waals surface area contributed by atoms with Crippen LogP contribution in [-0.4, -0.2) is 39.4 Å². The van der Waals surface area contributed by atoms with E-state index in [1.807, 2.05) is 25.2 Å². The Bertz CT molecular complexity index is 1370. The second-order valence-electron chi connectivity index (χ2n) is 10.1. The quantitative estimate of drug-likeness (QED) is 0.483. The number of piperidine rings is 1. The third kappa shape index (κ3) is 4.40. The SMILES string of the molecule is CN=C1CC2CCC(/C1=C(/N)c1ccccc1C(C)C)N2c1ccc(-c2nc(C(F)(F)F)cn2C)cn1. The predicted octanol–water partition coefficient (Wildman–Crippen LogP) is 5.81. The molecule has 2 unspecified atom stereocenters. The van der Waals surface area contributed by atoms with Crippen LogP contribution >= 0.6 is 0 Å². The summed E-state index contributed by atoms with van der Waals surface area (Å²) in [5.74, 6) is 1.33. The van der Waals surface area contributed by atoms with Crippen LogP contribution in [-0.2, 0) is 13.2 Å². The summed E-state index contributed by atoms with van der Waals surface area (Å²) in [6.45, 7) is 4.32. The average Bonchev–Trinajstić information content (AvgIpc) is 3.42. The first-order chi connectivity index (χ1) is 17.6. The summed E-state index contributed by atoms with van der Waals surface area (Å²) < 4.78 is 40.8. The van der Waals surface area contributed by atoms with Crippen LogP contribution in [0.15, 0.2) is 59.4 Å². The maximum absolute atomic E-state index is 13.1. The highest BCUT2D eigenvalue weighted by Crippen LogP contribution is 2.43. The molecule has 3 aromatic rings. The van der Waals surface area contributed by atoms with Crippen molar-refractivity contribution in [1.29, 1.82) is 0 Å². The first kappa shape index (κ1) is 25.0. The normalized spacial score (nSPS) is 22.3. The topological polar surface area (TPSA) is 72.3 Å². The van der Waals surface area contributed by atoms with E-state index >= 15 is 0 Å². The fourth-order valence-electron chi connectivity index (χ4n) is 5.72. The van der Waals surface area contributed by atoms with Crippen LogP contribution in [0.5, 0.6) is 0 Å². The van der Waals surface area contributed by atoms with Crippen molar-refractivity contribution in [3.05, 3.63) is 71.2 Å². The van der Waals surface area contributed by atoms with Gasteiger partial charge in [0.2, 0.25) is 0 Å². The smallest absolute Gasteiger partial charge is 0.398 e. The van der Waals surface area contributed by atoms with Gasteiger partial charge in [-0.2, -0.15) is 13.2 Å². The highest BCUT2D eigenvalue weighted by Gasteiger charge is 2.44. The monoisotopic (exact) mass is 508 g/mol. The van der Waals surface area contributed by atoms with Crippen molar-refractivity contribution >= 4 is 17.2 Å². The van der Waals surface area contributed by atoms with Crippen molar-refractivity contribution in [3.8, 4) is 11.4 Å². The second kappa shape index (κ2) is 9.36. The lowest BCUT2D eigenvalue weighted by atomic mass is 9.87. The van der Waals surface area contributed by atoms with Gasteiger partial charge in [0.05, 0.1) is 6.04 Å². The number of hydrogen-bond acceptors (Lipinski definition) is 5. The Morgan fingerprint density at radius 1 is 1.14 bits per heavy atom. The van der Waals surface area contributed by atoms with E-state index in [0.717, 1.165) is 53.8 Å². The Morgan fingerprint density at radius 3 is 2.51 bits per heavy atom. The van der Waals surface area contributed by atoms with Crippen LogP contribution in [0.3, 0.4) is 0 Å². The molecule has 6 nitrogen and oxygen atoms in total. The molecule has 2 aliphatic rings. The summed E-state index contributed by atoms with van der Waals surface area (Å²) in [6.07, 6.45) is 0.789. The number of aliphatic imine (C=N–C) groups is 1. The summed E-state index contributed by atoms with van der Waals surface area (Å²) in [4.78, 5) is 15.4. The Labute approximate surface area is 214 Å². The average molecular weight is 509 g/mol. The second-order valence-corrected chi connectivity index (χ2v) is 10.1. The van der Waals surface area contributed by atoms with Gasteiger partial charge < -0.3 is 15.2 Å². The molecule has 9 heteroatoms. The molecule has 0 amide bonds. The zero-order chi connectivity index (χ0) is 26.5. The first-order valence-electron chi connectivity index (χ1n) is 12.5. The van der Waals surface area contributed by atoms with Gasteiger partial charge in [-0.05, 0) is 36.5 Å². The number of aryl methyl sites for hydroxylation is 1. The molecule has 2 saturated heterocycles. The Balaban J connectivity index is 1.52. The zero-order valence-electron chi connectivity index (χ0n) is 21.4. The van der Waals surface area contributed by atoms with Gasteiger partial charge >= 0.3 is 6.18 Å². The number of rotatable bonds is 4.